The van der Waals surface area contributed by atoms with Gasteiger partial charge in [0.2, 0.25) is 0 Å². The number of carbonyl (C=O) groups is 8. The number of aliphatic carboxylic acids is 8. The number of imidazole rings is 1. The molecule has 0 saturated carbocycles. The molecular weight excluding hydrogens is 852 g/mol. The molecule has 5 unspecified atom stereocenters. The van der Waals surface area contributed by atoms with Crippen LogP contribution in [0.5, 0.6) is 0 Å². The smallest absolute Gasteiger partial charge is 0.322 e. The number of H-pyrrole nitrogens is 1. The zero-order valence-electron chi connectivity index (χ0n) is 34.3. The van der Waals surface area contributed by atoms with Crippen molar-refractivity contribution in [1.82, 2.24) is 20.6 Å². The number of rotatable bonds is 18. The summed E-state index contributed by atoms with van der Waals surface area (Å²) in [6, 6.07) is -5.52. The molecule has 2 fully saturated rings. The lowest BCUT2D eigenvalue weighted by Crippen LogP contribution is -2.33. The van der Waals surface area contributed by atoms with Crippen LogP contribution in [0.15, 0.2) is 17.5 Å². The molecule has 3 heterocycles. The van der Waals surface area contributed by atoms with Crippen LogP contribution in [0.3, 0.4) is 0 Å². The number of aromatic nitrogens is 2. The fourth-order valence-corrected chi connectivity index (χ4v) is 3.71. The monoisotopic (exact) mass is 916 g/mol. The van der Waals surface area contributed by atoms with Crippen molar-refractivity contribution in [3.8, 4) is 0 Å². The molecule has 2 aliphatic heterocycles. The molecule has 0 radical (unpaired) electrons. The maximum absolute atomic E-state index is 10.3. The largest absolute Gasteiger partial charge is 0.481 e. The van der Waals surface area contributed by atoms with Gasteiger partial charge in [0.1, 0.15) is 42.3 Å². The fraction of sp³-hybridized carbons (Fsp3) is 0.636. The van der Waals surface area contributed by atoms with Crippen molar-refractivity contribution in [1.29, 1.82) is 0 Å². The molecule has 63 heavy (non-hydrogen) atoms. The number of aliphatic imine (C=N–C) groups is 1. The Balaban J connectivity index is -0.000000325. The Morgan fingerprint density at radius 2 is 1.03 bits per heavy atom. The zero-order chi connectivity index (χ0) is 49.7. The number of carboxylic acids is 8. The van der Waals surface area contributed by atoms with E-state index in [1.165, 1.54) is 6.33 Å². The molecule has 2 aliphatic rings. The number of guanidine groups is 1. The van der Waals surface area contributed by atoms with E-state index in [0.29, 0.717) is 19.4 Å². The quantitative estimate of drug-likeness (QED) is 0.0370. The summed E-state index contributed by atoms with van der Waals surface area (Å²) in [7, 11) is 0. The Hall–Kier alpha value is -6.12. The number of aromatic amines is 1. The summed E-state index contributed by atoms with van der Waals surface area (Å²) in [4.78, 5) is 90.1. The number of hydrogen-bond donors (Lipinski definition) is 20. The molecule has 0 amide bonds. The molecule has 30 nitrogen and oxygen atoms in total. The van der Waals surface area contributed by atoms with Gasteiger partial charge in [0, 0.05) is 31.3 Å². The second kappa shape index (κ2) is 38.8. The van der Waals surface area contributed by atoms with E-state index in [-0.39, 0.29) is 37.3 Å². The van der Waals surface area contributed by atoms with Gasteiger partial charge in [0.05, 0.1) is 19.5 Å². The molecular formula is C33H64N12O18. The van der Waals surface area contributed by atoms with E-state index < -0.39 is 91.2 Å². The first-order chi connectivity index (χ1) is 29.2. The Bertz CT molecular complexity index is 1440. The minimum absolute atomic E-state index is 0.0129. The van der Waals surface area contributed by atoms with Gasteiger partial charge >= 0.3 is 47.8 Å². The molecule has 1 aromatic heterocycles. The second-order valence-electron chi connectivity index (χ2n) is 12.7. The molecule has 30 heteroatoms. The molecule has 3 rings (SSSR count). The topological polar surface area (TPSA) is 586 Å². The Morgan fingerprint density at radius 1 is 0.635 bits per heavy atom. The molecule has 1 aromatic rings. The number of nitrogens with one attached hydrogen (secondary N) is 3. The van der Waals surface area contributed by atoms with Gasteiger partial charge in [-0.15, -0.1) is 0 Å². The fourth-order valence-electron chi connectivity index (χ4n) is 3.71. The standard InChI is InChI=1S/C6H14N4O2.C6H9N3O2.C5H9NO4.2C5H9NO2.2C3H7NO3/c7-4(5(11)12)2-1-3-10-6(8)9;7-5(6(10)11)1-4-2-8-3-9-4;6-3(5(9)10)1-2-4(7)8;2*7-5(8)4-2-1-3-6-4;2*4-2(1-5)3(6)7/h4H,1-3,7H2,(H,11,12)(H4,8,9,10);2-3,5H,1,7H2,(H,8,9)(H,10,11);3H,1-2,6H2,(H,7,8)(H,9,10);2*4,6H,1-3H2,(H,7,8);2*2,5H,1,4H2,(H,6,7)/t;;;2*4-;;/m...00../s1. The lowest BCUT2D eigenvalue weighted by Gasteiger charge is -2.03. The highest BCUT2D eigenvalue weighted by Crippen LogP contribution is 2.04. The molecule has 0 aromatic carbocycles. The van der Waals surface area contributed by atoms with Crippen molar-refractivity contribution in [3.05, 3.63) is 18.2 Å². The van der Waals surface area contributed by atoms with Crippen LogP contribution in [0.1, 0.15) is 57.1 Å². The highest BCUT2D eigenvalue weighted by Gasteiger charge is 2.21. The Morgan fingerprint density at radius 3 is 1.27 bits per heavy atom. The highest BCUT2D eigenvalue weighted by atomic mass is 16.4. The van der Waals surface area contributed by atoms with Crippen molar-refractivity contribution in [3.63, 3.8) is 0 Å². The van der Waals surface area contributed by atoms with Crippen molar-refractivity contribution in [2.75, 3.05) is 32.8 Å². The average molecular weight is 917 g/mol. The van der Waals surface area contributed by atoms with Gasteiger partial charge in [-0.05, 0) is 58.0 Å². The lowest BCUT2D eigenvalue weighted by molar-refractivity contribution is -0.141. The summed E-state index contributed by atoms with van der Waals surface area (Å²) in [5.41, 5.74) is 35.9. The summed E-state index contributed by atoms with van der Waals surface area (Å²) >= 11 is 0. The first kappa shape index (κ1) is 63.5. The van der Waals surface area contributed by atoms with E-state index in [4.69, 9.17) is 91.2 Å². The van der Waals surface area contributed by atoms with E-state index in [1.54, 1.807) is 6.20 Å². The van der Waals surface area contributed by atoms with E-state index in [0.717, 1.165) is 44.5 Å². The van der Waals surface area contributed by atoms with Crippen LogP contribution in [-0.2, 0) is 44.8 Å². The number of carboxylic acid groups (broad SMARTS) is 8. The summed E-state index contributed by atoms with van der Waals surface area (Å²) in [5.74, 6) is -7.98. The van der Waals surface area contributed by atoms with Crippen LogP contribution in [0.25, 0.3) is 0 Å². The van der Waals surface area contributed by atoms with Crippen molar-refractivity contribution < 1.29 is 89.4 Å². The van der Waals surface area contributed by atoms with Crippen LogP contribution in [-0.4, -0.2) is 190 Å². The predicted octanol–water partition coefficient (Wildman–Crippen LogP) is -6.49. The molecule has 364 valence electrons. The van der Waals surface area contributed by atoms with Crippen molar-refractivity contribution in [2.45, 2.75) is 100 Å². The number of aliphatic hydroxyl groups is 2. The third-order valence-corrected chi connectivity index (χ3v) is 7.33. The van der Waals surface area contributed by atoms with Crippen LogP contribution in [0.4, 0.5) is 0 Å². The van der Waals surface area contributed by atoms with Crippen LogP contribution < -0.4 is 50.8 Å². The summed E-state index contributed by atoms with van der Waals surface area (Å²) < 4.78 is 0. The number of hydrogen-bond acceptors (Lipinski definition) is 19. The lowest BCUT2D eigenvalue weighted by atomic mass is 10.2. The Kier molecular flexibility index (Phi) is 39.1. The summed E-state index contributed by atoms with van der Waals surface area (Å²) in [5, 5.41) is 87.3. The van der Waals surface area contributed by atoms with Crippen molar-refractivity contribution >= 4 is 53.7 Å². The SMILES string of the molecule is NC(CCC(=O)O)C(=O)O.NC(CO)C(=O)O.NC(CO)C(=O)O.NC(Cc1cnc[nH]1)C(=O)O.NC(N)=NCCCC(N)C(=O)O.O=C(O)[C@@H]1CCCN1.O=C(O)[C@@H]1CCCN1. The van der Waals surface area contributed by atoms with Gasteiger partial charge < -0.3 is 107 Å². The summed E-state index contributed by atoms with van der Waals surface area (Å²) in [6.07, 6.45) is 7.64. The van der Waals surface area contributed by atoms with E-state index >= 15 is 0 Å². The number of nitrogens with two attached hydrogens (primary N) is 7. The van der Waals surface area contributed by atoms with Gasteiger partial charge in [0.15, 0.2) is 5.96 Å². The maximum atomic E-state index is 10.3. The van der Waals surface area contributed by atoms with E-state index in [2.05, 4.69) is 25.6 Å². The maximum Gasteiger partial charge on any atom is 0.322 e. The number of nitrogens with zero attached hydrogens (tertiary/aromatic N) is 2. The van der Waals surface area contributed by atoms with E-state index in [1.807, 2.05) is 0 Å². The first-order valence-electron chi connectivity index (χ1n) is 18.6. The van der Waals surface area contributed by atoms with Gasteiger partial charge in [-0.1, -0.05) is 0 Å². The third-order valence-electron chi connectivity index (χ3n) is 7.33. The van der Waals surface area contributed by atoms with Gasteiger partial charge in [-0.25, -0.2) is 4.98 Å². The molecule has 0 aliphatic carbocycles. The third kappa shape index (κ3) is 41.0. The van der Waals surface area contributed by atoms with Crippen molar-refractivity contribution in [2.24, 2.45) is 45.1 Å². The zero-order valence-corrected chi connectivity index (χ0v) is 34.3. The minimum atomic E-state index is -1.18. The first-order valence-corrected chi connectivity index (χ1v) is 18.6. The van der Waals surface area contributed by atoms with Gasteiger partial charge in [-0.2, -0.15) is 0 Å². The van der Waals surface area contributed by atoms with Crippen LogP contribution >= 0.6 is 0 Å². The average Bonchev–Trinajstić information content (AvgIpc) is 4.04. The Labute approximate surface area is 359 Å². The van der Waals surface area contributed by atoms with Gasteiger partial charge in [0.25, 0.3) is 0 Å². The van der Waals surface area contributed by atoms with Crippen LogP contribution in [0, 0.1) is 0 Å². The minimum Gasteiger partial charge on any atom is -0.481 e. The van der Waals surface area contributed by atoms with E-state index in [9.17, 15) is 38.4 Å². The highest BCUT2D eigenvalue weighted by molar-refractivity contribution is 5.76. The second-order valence-corrected chi connectivity index (χ2v) is 12.7. The predicted molar refractivity (Wildman–Crippen MR) is 219 cm³/mol. The van der Waals surface area contributed by atoms with Gasteiger partial charge in [-0.3, -0.25) is 43.3 Å². The van der Waals surface area contributed by atoms with Crippen LogP contribution in [0.2, 0.25) is 0 Å². The molecule has 27 N–H and O–H groups in total. The molecule has 0 spiro atoms. The molecule has 7 atom stereocenters. The summed E-state index contributed by atoms with van der Waals surface area (Å²) in [6.45, 7) is 1.13. The normalized spacial score (nSPS) is 16.7. The molecule has 2 saturated heterocycles. The molecule has 0 bridgehead atoms. The number of aliphatic hydroxyl groups excluding tert-OH is 2.